The highest BCUT2D eigenvalue weighted by Crippen LogP contribution is 2.19. The fourth-order valence-corrected chi connectivity index (χ4v) is 3.18. The van der Waals surface area contributed by atoms with Crippen LogP contribution in [0.2, 0.25) is 0 Å². The molecule has 3 rings (SSSR count). The van der Waals surface area contributed by atoms with Crippen molar-refractivity contribution in [2.24, 2.45) is 0 Å². The number of hydrogen-bond acceptors (Lipinski definition) is 2. The van der Waals surface area contributed by atoms with Gasteiger partial charge in [-0.1, -0.05) is 67.6 Å². The number of aromatic nitrogens is 2. The Labute approximate surface area is 154 Å². The maximum Gasteiger partial charge on any atom is 0.227 e. The smallest absolute Gasteiger partial charge is 0.227 e. The number of hydrogen-bond donors (Lipinski definition) is 1. The molecule has 1 aromatic heterocycles. The summed E-state index contributed by atoms with van der Waals surface area (Å²) in [6.07, 6.45) is 5.48. The molecule has 0 aliphatic heterocycles. The third kappa shape index (κ3) is 4.39. The van der Waals surface area contributed by atoms with Crippen LogP contribution in [0.15, 0.2) is 73.1 Å². The fourth-order valence-electron chi connectivity index (χ4n) is 3.18. The van der Waals surface area contributed by atoms with Crippen LogP contribution in [0, 0.1) is 0 Å². The minimum atomic E-state index is -0.0793. The number of imidazole rings is 1. The van der Waals surface area contributed by atoms with E-state index in [1.54, 1.807) is 0 Å². The third-order valence-corrected chi connectivity index (χ3v) is 4.55. The Morgan fingerprint density at radius 1 is 1.08 bits per heavy atom. The van der Waals surface area contributed by atoms with Crippen LogP contribution in [0.5, 0.6) is 0 Å². The number of rotatable bonds is 8. The van der Waals surface area contributed by atoms with Crippen LogP contribution >= 0.6 is 0 Å². The highest BCUT2D eigenvalue weighted by atomic mass is 16.1. The van der Waals surface area contributed by atoms with Gasteiger partial charge in [-0.3, -0.25) is 4.79 Å². The van der Waals surface area contributed by atoms with Crippen LogP contribution in [0.3, 0.4) is 0 Å². The van der Waals surface area contributed by atoms with Crippen molar-refractivity contribution in [2.75, 3.05) is 6.54 Å². The predicted molar refractivity (Wildman–Crippen MR) is 105 cm³/mol. The fraction of sp³-hybridized carbons (Fsp3) is 0.273. The lowest BCUT2D eigenvalue weighted by Gasteiger charge is -2.15. The molecule has 1 atom stereocenters. The first-order valence-corrected chi connectivity index (χ1v) is 9.18. The van der Waals surface area contributed by atoms with Gasteiger partial charge in [0.05, 0.1) is 5.92 Å². The lowest BCUT2D eigenvalue weighted by atomic mass is 9.96. The summed E-state index contributed by atoms with van der Waals surface area (Å²) in [5.74, 6) is 0.990. The number of benzene rings is 2. The summed E-state index contributed by atoms with van der Waals surface area (Å²) >= 11 is 0. The Kier molecular flexibility index (Phi) is 6.20. The zero-order valence-electron chi connectivity index (χ0n) is 15.1. The molecule has 0 radical (unpaired) electrons. The van der Waals surface area contributed by atoms with Crippen LogP contribution < -0.4 is 5.32 Å². The van der Waals surface area contributed by atoms with Gasteiger partial charge < -0.3 is 9.88 Å². The predicted octanol–water partition coefficient (Wildman–Crippen LogP) is 4.25. The normalized spacial score (nSPS) is 11.9. The number of carbonyl (C=O) groups is 1. The molecule has 1 heterocycles. The molecule has 3 aromatic rings. The zero-order valence-corrected chi connectivity index (χ0v) is 15.1. The van der Waals surface area contributed by atoms with Crippen molar-refractivity contribution < 1.29 is 4.79 Å². The molecular formula is C22H25N3O. The SMILES string of the molecule is CC[C@H](C(=O)NCCCn1ccnc1-c1ccccc1)c1ccccc1. The van der Waals surface area contributed by atoms with E-state index in [1.807, 2.05) is 60.9 Å². The summed E-state index contributed by atoms with van der Waals surface area (Å²) in [6.45, 7) is 3.54. The first-order chi connectivity index (χ1) is 12.8. The number of carbonyl (C=O) groups excluding carboxylic acids is 1. The van der Waals surface area contributed by atoms with Gasteiger partial charge in [-0.25, -0.2) is 4.98 Å². The van der Waals surface area contributed by atoms with Crippen LogP contribution in [0.4, 0.5) is 0 Å². The maximum absolute atomic E-state index is 12.5. The molecule has 4 nitrogen and oxygen atoms in total. The van der Waals surface area contributed by atoms with Crippen molar-refractivity contribution in [1.29, 1.82) is 0 Å². The standard InChI is InChI=1S/C22H25N3O/c1-2-20(18-10-5-3-6-11-18)22(26)24-14-9-16-25-17-15-23-21(25)19-12-7-4-8-13-19/h3-8,10-13,15,17,20H,2,9,14,16H2,1H3,(H,24,26)/t20-/m0/s1. The third-order valence-electron chi connectivity index (χ3n) is 4.55. The van der Waals surface area contributed by atoms with Gasteiger partial charge in [-0.2, -0.15) is 0 Å². The summed E-state index contributed by atoms with van der Waals surface area (Å²) in [5.41, 5.74) is 2.19. The van der Waals surface area contributed by atoms with E-state index in [4.69, 9.17) is 0 Å². The van der Waals surface area contributed by atoms with Gasteiger partial charge in [-0.15, -0.1) is 0 Å². The Bertz CT molecular complexity index is 812. The molecule has 0 fully saturated rings. The van der Waals surface area contributed by atoms with Crippen molar-refractivity contribution in [3.63, 3.8) is 0 Å². The molecule has 0 saturated heterocycles. The second-order valence-electron chi connectivity index (χ2n) is 6.33. The number of nitrogens with zero attached hydrogens (tertiary/aromatic N) is 2. The van der Waals surface area contributed by atoms with Crippen molar-refractivity contribution in [2.45, 2.75) is 32.2 Å². The van der Waals surface area contributed by atoms with Crippen molar-refractivity contribution >= 4 is 5.91 Å². The first kappa shape index (κ1) is 17.9. The lowest BCUT2D eigenvalue weighted by Crippen LogP contribution is -2.30. The lowest BCUT2D eigenvalue weighted by molar-refractivity contribution is -0.122. The summed E-state index contributed by atoms with van der Waals surface area (Å²) in [5, 5.41) is 3.08. The van der Waals surface area contributed by atoms with E-state index in [2.05, 4.69) is 33.9 Å². The van der Waals surface area contributed by atoms with E-state index < -0.39 is 0 Å². The molecule has 0 saturated carbocycles. The molecule has 0 spiro atoms. The van der Waals surface area contributed by atoms with Gasteiger partial charge in [0.2, 0.25) is 5.91 Å². The van der Waals surface area contributed by atoms with Gasteiger partial charge in [0, 0.05) is 31.0 Å². The van der Waals surface area contributed by atoms with Crippen LogP contribution in [-0.2, 0) is 11.3 Å². The molecule has 4 heteroatoms. The Morgan fingerprint density at radius 3 is 2.46 bits per heavy atom. The Balaban J connectivity index is 1.52. The molecule has 0 aliphatic carbocycles. The van der Waals surface area contributed by atoms with E-state index in [0.717, 1.165) is 36.3 Å². The van der Waals surface area contributed by atoms with E-state index in [1.165, 1.54) is 0 Å². The largest absolute Gasteiger partial charge is 0.356 e. The molecule has 0 unspecified atom stereocenters. The van der Waals surface area contributed by atoms with E-state index in [9.17, 15) is 4.79 Å². The van der Waals surface area contributed by atoms with E-state index in [-0.39, 0.29) is 11.8 Å². The van der Waals surface area contributed by atoms with Crippen molar-refractivity contribution in [1.82, 2.24) is 14.9 Å². The Hall–Kier alpha value is -2.88. The average molecular weight is 347 g/mol. The number of nitrogens with one attached hydrogen (secondary N) is 1. The van der Waals surface area contributed by atoms with Gasteiger partial charge in [0.15, 0.2) is 0 Å². The Morgan fingerprint density at radius 2 is 1.77 bits per heavy atom. The maximum atomic E-state index is 12.5. The van der Waals surface area contributed by atoms with Crippen molar-refractivity contribution in [3.05, 3.63) is 78.6 Å². The zero-order chi connectivity index (χ0) is 18.2. The molecule has 2 aromatic carbocycles. The second-order valence-corrected chi connectivity index (χ2v) is 6.33. The summed E-state index contributed by atoms with van der Waals surface area (Å²) < 4.78 is 2.13. The molecule has 1 amide bonds. The van der Waals surface area contributed by atoms with Crippen LogP contribution in [-0.4, -0.2) is 22.0 Å². The monoisotopic (exact) mass is 347 g/mol. The number of aryl methyl sites for hydroxylation is 1. The molecule has 0 bridgehead atoms. The number of amides is 1. The minimum Gasteiger partial charge on any atom is -0.356 e. The molecule has 26 heavy (non-hydrogen) atoms. The quantitative estimate of drug-likeness (QED) is 0.619. The van der Waals surface area contributed by atoms with Gasteiger partial charge >= 0.3 is 0 Å². The summed E-state index contributed by atoms with van der Waals surface area (Å²) in [7, 11) is 0. The molecule has 134 valence electrons. The summed E-state index contributed by atoms with van der Waals surface area (Å²) in [4.78, 5) is 17.0. The molecule has 1 N–H and O–H groups in total. The van der Waals surface area contributed by atoms with E-state index in [0.29, 0.717) is 6.54 Å². The topological polar surface area (TPSA) is 46.9 Å². The average Bonchev–Trinajstić information content (AvgIpc) is 3.16. The first-order valence-electron chi connectivity index (χ1n) is 9.18. The van der Waals surface area contributed by atoms with Gasteiger partial charge in [0.1, 0.15) is 5.82 Å². The van der Waals surface area contributed by atoms with Gasteiger partial charge in [0.25, 0.3) is 0 Å². The van der Waals surface area contributed by atoms with Gasteiger partial charge in [-0.05, 0) is 18.4 Å². The second kappa shape index (κ2) is 8.99. The van der Waals surface area contributed by atoms with Crippen LogP contribution in [0.1, 0.15) is 31.2 Å². The molecular weight excluding hydrogens is 322 g/mol. The summed E-state index contributed by atoms with van der Waals surface area (Å²) in [6, 6.07) is 20.1. The van der Waals surface area contributed by atoms with Crippen molar-refractivity contribution in [3.8, 4) is 11.4 Å². The minimum absolute atomic E-state index is 0.0793. The highest BCUT2D eigenvalue weighted by molar-refractivity contribution is 5.83. The molecule has 0 aliphatic rings. The van der Waals surface area contributed by atoms with E-state index >= 15 is 0 Å². The van der Waals surface area contributed by atoms with Crippen LogP contribution in [0.25, 0.3) is 11.4 Å². The highest BCUT2D eigenvalue weighted by Gasteiger charge is 2.17.